The average molecular weight is 420 g/mol. The molecule has 1 atom stereocenters. The summed E-state index contributed by atoms with van der Waals surface area (Å²) >= 11 is 5.88. The molecular formula is C14H15BrINO. The minimum absolute atomic E-state index is 0.421. The van der Waals surface area contributed by atoms with Crippen LogP contribution in [0.3, 0.4) is 0 Å². The summed E-state index contributed by atoms with van der Waals surface area (Å²) in [5, 5.41) is 3.21. The minimum atomic E-state index is 0.421. The van der Waals surface area contributed by atoms with Crippen LogP contribution in [0.15, 0.2) is 39.2 Å². The van der Waals surface area contributed by atoms with Crippen LogP contribution < -0.4 is 5.32 Å². The lowest BCUT2D eigenvalue weighted by molar-refractivity contribution is 0.481. The van der Waals surface area contributed by atoms with Crippen LogP contribution in [0.25, 0.3) is 11.3 Å². The topological polar surface area (TPSA) is 25.2 Å². The van der Waals surface area contributed by atoms with Crippen molar-refractivity contribution in [3.8, 4) is 11.3 Å². The van der Waals surface area contributed by atoms with Gasteiger partial charge in [0.1, 0.15) is 11.5 Å². The summed E-state index contributed by atoms with van der Waals surface area (Å²) in [6, 6.07) is 10.8. The van der Waals surface area contributed by atoms with E-state index in [2.05, 4.69) is 69.0 Å². The Morgan fingerprint density at radius 3 is 2.78 bits per heavy atom. The van der Waals surface area contributed by atoms with E-state index in [0.29, 0.717) is 6.04 Å². The number of likely N-dealkylation sites (N-methyl/N-ethyl adjacent to an activating group) is 1. The highest BCUT2D eigenvalue weighted by Gasteiger charge is 2.10. The molecule has 0 amide bonds. The molecule has 2 nitrogen and oxygen atoms in total. The van der Waals surface area contributed by atoms with Crippen molar-refractivity contribution in [2.24, 2.45) is 0 Å². The van der Waals surface area contributed by atoms with Crippen molar-refractivity contribution in [1.82, 2.24) is 5.32 Å². The molecule has 0 saturated carbocycles. The van der Waals surface area contributed by atoms with Gasteiger partial charge in [0.25, 0.3) is 0 Å². The molecule has 1 unspecified atom stereocenters. The van der Waals surface area contributed by atoms with E-state index in [1.165, 1.54) is 3.57 Å². The summed E-state index contributed by atoms with van der Waals surface area (Å²) in [6.45, 7) is 2.14. The molecule has 96 valence electrons. The molecule has 0 spiro atoms. The van der Waals surface area contributed by atoms with Gasteiger partial charge in [-0.15, -0.1) is 0 Å². The third kappa shape index (κ3) is 3.36. The highest BCUT2D eigenvalue weighted by Crippen LogP contribution is 2.31. The molecule has 0 fully saturated rings. The number of halogens is 2. The predicted octanol–water partition coefficient (Wildman–Crippen LogP) is 4.46. The number of rotatable bonds is 4. The summed E-state index contributed by atoms with van der Waals surface area (Å²) < 4.78 is 8.16. The molecule has 2 rings (SSSR count). The van der Waals surface area contributed by atoms with E-state index in [-0.39, 0.29) is 0 Å². The molecule has 0 aliphatic rings. The summed E-state index contributed by atoms with van der Waals surface area (Å²) in [6.07, 6.45) is 0.901. The average Bonchev–Trinajstić information content (AvgIpc) is 2.77. The molecule has 18 heavy (non-hydrogen) atoms. The quantitative estimate of drug-likeness (QED) is 0.740. The molecule has 0 aliphatic heterocycles. The zero-order valence-corrected chi connectivity index (χ0v) is 14.1. The second-order valence-corrected chi connectivity index (χ2v) is 6.38. The Kier molecular flexibility index (Phi) is 4.86. The molecule has 1 N–H and O–H groups in total. The fraction of sp³-hybridized carbons (Fsp3) is 0.286. The van der Waals surface area contributed by atoms with E-state index < -0.39 is 0 Å². The molecule has 1 aromatic heterocycles. The van der Waals surface area contributed by atoms with E-state index in [0.717, 1.165) is 28.0 Å². The van der Waals surface area contributed by atoms with Gasteiger partial charge in [-0.25, -0.2) is 0 Å². The Hall–Kier alpha value is -0.330. The Morgan fingerprint density at radius 2 is 2.11 bits per heavy atom. The van der Waals surface area contributed by atoms with Crippen LogP contribution in [-0.4, -0.2) is 13.1 Å². The van der Waals surface area contributed by atoms with Crippen molar-refractivity contribution in [1.29, 1.82) is 0 Å². The van der Waals surface area contributed by atoms with E-state index in [1.807, 2.05) is 19.2 Å². The Morgan fingerprint density at radius 1 is 1.33 bits per heavy atom. The fourth-order valence-electron chi connectivity index (χ4n) is 1.73. The van der Waals surface area contributed by atoms with E-state index in [1.54, 1.807) is 0 Å². The first-order valence-corrected chi connectivity index (χ1v) is 7.68. The van der Waals surface area contributed by atoms with Crippen molar-refractivity contribution in [3.63, 3.8) is 0 Å². The lowest BCUT2D eigenvalue weighted by Gasteiger charge is -2.07. The zero-order chi connectivity index (χ0) is 13.1. The third-order valence-corrected chi connectivity index (χ3v) is 4.19. The van der Waals surface area contributed by atoms with Crippen LogP contribution in [0.4, 0.5) is 0 Å². The van der Waals surface area contributed by atoms with Gasteiger partial charge in [-0.2, -0.15) is 0 Å². The van der Waals surface area contributed by atoms with Crippen molar-refractivity contribution in [3.05, 3.63) is 44.1 Å². The van der Waals surface area contributed by atoms with Gasteiger partial charge < -0.3 is 9.73 Å². The molecular weight excluding hydrogens is 405 g/mol. The number of benzene rings is 1. The van der Waals surface area contributed by atoms with Crippen LogP contribution >= 0.6 is 38.5 Å². The van der Waals surface area contributed by atoms with Gasteiger partial charge in [0.15, 0.2) is 0 Å². The number of furan rings is 1. The lowest BCUT2D eigenvalue weighted by atomic mass is 10.2. The van der Waals surface area contributed by atoms with Crippen LogP contribution in [-0.2, 0) is 6.42 Å². The van der Waals surface area contributed by atoms with E-state index in [4.69, 9.17) is 4.42 Å². The Labute approximate surface area is 129 Å². The largest absolute Gasteiger partial charge is 0.461 e. The SMILES string of the molecule is CNC(C)Cc1ccc(-c2ccc(I)cc2Br)o1. The molecule has 1 aromatic carbocycles. The molecule has 4 heteroatoms. The van der Waals surface area contributed by atoms with Crippen LogP contribution in [0.1, 0.15) is 12.7 Å². The van der Waals surface area contributed by atoms with Crippen molar-refractivity contribution in [2.75, 3.05) is 7.05 Å². The first-order chi connectivity index (χ1) is 8.60. The molecule has 0 saturated heterocycles. The zero-order valence-electron chi connectivity index (χ0n) is 10.3. The summed E-state index contributed by atoms with van der Waals surface area (Å²) in [7, 11) is 1.96. The standard InChI is InChI=1S/C14H15BrINO/c1-9(17-2)7-11-4-6-14(18-11)12-5-3-10(16)8-13(12)15/h3-6,8-9,17H,7H2,1-2H3. The summed E-state index contributed by atoms with van der Waals surface area (Å²) in [4.78, 5) is 0. The molecule has 1 heterocycles. The maximum atomic E-state index is 5.89. The van der Waals surface area contributed by atoms with Gasteiger partial charge >= 0.3 is 0 Å². The maximum absolute atomic E-state index is 5.89. The predicted molar refractivity (Wildman–Crippen MR) is 86.8 cm³/mol. The van der Waals surface area contributed by atoms with Gasteiger partial charge in [-0.05, 0) is 82.8 Å². The highest BCUT2D eigenvalue weighted by molar-refractivity contribution is 14.1. The summed E-state index contributed by atoms with van der Waals surface area (Å²) in [5.41, 5.74) is 1.10. The van der Waals surface area contributed by atoms with E-state index >= 15 is 0 Å². The van der Waals surface area contributed by atoms with Crippen LogP contribution in [0, 0.1) is 3.57 Å². The van der Waals surface area contributed by atoms with Crippen LogP contribution in [0.5, 0.6) is 0 Å². The molecule has 0 bridgehead atoms. The van der Waals surface area contributed by atoms with Crippen molar-refractivity contribution < 1.29 is 4.42 Å². The van der Waals surface area contributed by atoms with Crippen LogP contribution in [0.2, 0.25) is 0 Å². The number of hydrogen-bond acceptors (Lipinski definition) is 2. The lowest BCUT2D eigenvalue weighted by Crippen LogP contribution is -2.23. The van der Waals surface area contributed by atoms with Crippen molar-refractivity contribution >= 4 is 38.5 Å². The second-order valence-electron chi connectivity index (χ2n) is 4.28. The van der Waals surface area contributed by atoms with Gasteiger partial charge in [0.05, 0.1) is 0 Å². The van der Waals surface area contributed by atoms with Crippen molar-refractivity contribution in [2.45, 2.75) is 19.4 Å². The second kappa shape index (κ2) is 6.21. The highest BCUT2D eigenvalue weighted by atomic mass is 127. The normalized spacial score (nSPS) is 12.7. The third-order valence-electron chi connectivity index (χ3n) is 2.86. The number of hydrogen-bond donors (Lipinski definition) is 1. The van der Waals surface area contributed by atoms with E-state index in [9.17, 15) is 0 Å². The number of nitrogens with one attached hydrogen (secondary N) is 1. The maximum Gasteiger partial charge on any atom is 0.135 e. The van der Waals surface area contributed by atoms with Gasteiger partial charge in [0.2, 0.25) is 0 Å². The van der Waals surface area contributed by atoms with Gasteiger partial charge in [-0.1, -0.05) is 0 Å². The van der Waals surface area contributed by atoms with Gasteiger partial charge in [0, 0.05) is 26.1 Å². The fourth-order valence-corrected chi connectivity index (χ4v) is 3.22. The first kappa shape index (κ1) is 14.1. The first-order valence-electron chi connectivity index (χ1n) is 5.81. The van der Waals surface area contributed by atoms with Gasteiger partial charge in [-0.3, -0.25) is 0 Å². The molecule has 0 aliphatic carbocycles. The smallest absolute Gasteiger partial charge is 0.135 e. The Balaban J connectivity index is 2.24. The minimum Gasteiger partial charge on any atom is -0.461 e. The molecule has 0 radical (unpaired) electrons. The summed E-state index contributed by atoms with van der Waals surface area (Å²) in [5.74, 6) is 1.92. The monoisotopic (exact) mass is 419 g/mol. The Bertz CT molecular complexity index is 538. The molecule has 2 aromatic rings.